The number of piperazine rings is 1. The first kappa shape index (κ1) is 17.2. The summed E-state index contributed by atoms with van der Waals surface area (Å²) in [6.07, 6.45) is 3.38. The van der Waals surface area contributed by atoms with E-state index in [2.05, 4.69) is 15.3 Å². The minimum Gasteiger partial charge on any atom is -0.338 e. The van der Waals surface area contributed by atoms with Gasteiger partial charge in [0, 0.05) is 38.6 Å². The van der Waals surface area contributed by atoms with Crippen LogP contribution < -0.4 is 10.2 Å². The topological polar surface area (TPSA) is 61.4 Å². The molecule has 0 unspecified atom stereocenters. The Balaban J connectivity index is 1.59. The first-order chi connectivity index (χ1) is 12.1. The molecular formula is C17H19F2N5O. The van der Waals surface area contributed by atoms with Gasteiger partial charge >= 0.3 is 0 Å². The van der Waals surface area contributed by atoms with Crippen LogP contribution in [0.3, 0.4) is 0 Å². The van der Waals surface area contributed by atoms with E-state index in [0.29, 0.717) is 32.1 Å². The molecule has 0 radical (unpaired) electrons. The fourth-order valence-corrected chi connectivity index (χ4v) is 2.77. The van der Waals surface area contributed by atoms with Crippen LogP contribution in [0, 0.1) is 11.6 Å². The lowest BCUT2D eigenvalue weighted by Gasteiger charge is -2.37. The van der Waals surface area contributed by atoms with Gasteiger partial charge in [-0.15, -0.1) is 0 Å². The van der Waals surface area contributed by atoms with E-state index in [1.54, 1.807) is 25.4 Å². The van der Waals surface area contributed by atoms with E-state index in [0.717, 1.165) is 12.1 Å². The number of hydrogen-bond acceptors (Lipinski definition) is 5. The van der Waals surface area contributed by atoms with Crippen molar-refractivity contribution in [1.82, 2.24) is 14.9 Å². The SMILES string of the molecule is C[C@@H](C(=O)Nc1c(F)cccc1F)N1CCN(c2ncccn2)CC1. The summed E-state index contributed by atoms with van der Waals surface area (Å²) in [5.74, 6) is -1.35. The Labute approximate surface area is 144 Å². The van der Waals surface area contributed by atoms with Crippen LogP contribution in [0.25, 0.3) is 0 Å². The lowest BCUT2D eigenvalue weighted by molar-refractivity contribution is -0.120. The predicted octanol–water partition coefficient (Wildman–Crippen LogP) is 1.90. The van der Waals surface area contributed by atoms with E-state index in [9.17, 15) is 13.6 Å². The lowest BCUT2D eigenvalue weighted by atomic mass is 10.2. The molecular weight excluding hydrogens is 328 g/mol. The average molecular weight is 347 g/mol. The highest BCUT2D eigenvalue weighted by atomic mass is 19.1. The summed E-state index contributed by atoms with van der Waals surface area (Å²) in [6, 6.07) is 4.74. The molecule has 1 aromatic heterocycles. The number of anilines is 2. The van der Waals surface area contributed by atoms with Crippen molar-refractivity contribution in [2.45, 2.75) is 13.0 Å². The third-order valence-corrected chi connectivity index (χ3v) is 4.29. The van der Waals surface area contributed by atoms with Crippen LogP contribution >= 0.6 is 0 Å². The molecule has 1 aliphatic heterocycles. The zero-order valence-electron chi connectivity index (χ0n) is 13.8. The number of carbonyl (C=O) groups is 1. The van der Waals surface area contributed by atoms with Crippen molar-refractivity contribution in [2.75, 3.05) is 36.4 Å². The largest absolute Gasteiger partial charge is 0.338 e. The van der Waals surface area contributed by atoms with Gasteiger partial charge in [-0.1, -0.05) is 6.07 Å². The second-order valence-corrected chi connectivity index (χ2v) is 5.83. The van der Waals surface area contributed by atoms with E-state index in [-0.39, 0.29) is 0 Å². The van der Waals surface area contributed by atoms with Crippen LogP contribution in [-0.4, -0.2) is 53.0 Å². The fraction of sp³-hybridized carbons (Fsp3) is 0.353. The normalized spacial score (nSPS) is 16.5. The van der Waals surface area contributed by atoms with E-state index < -0.39 is 29.3 Å². The summed E-state index contributed by atoms with van der Waals surface area (Å²) in [4.78, 5) is 24.8. The molecule has 0 spiro atoms. The standard InChI is InChI=1S/C17H19F2N5O/c1-12(16(25)22-15-13(18)4-2-5-14(15)19)23-8-10-24(11-9-23)17-20-6-3-7-21-17/h2-7,12H,8-11H2,1H3,(H,22,25)/t12-/m0/s1. The molecule has 6 nitrogen and oxygen atoms in total. The van der Waals surface area contributed by atoms with Crippen LogP contribution in [0.2, 0.25) is 0 Å². The molecule has 25 heavy (non-hydrogen) atoms. The number of nitrogens with one attached hydrogen (secondary N) is 1. The zero-order chi connectivity index (χ0) is 17.8. The summed E-state index contributed by atoms with van der Waals surface area (Å²) in [6.45, 7) is 4.34. The molecule has 1 aliphatic rings. The molecule has 0 aliphatic carbocycles. The molecule has 1 amide bonds. The van der Waals surface area contributed by atoms with Gasteiger partial charge in [0.25, 0.3) is 0 Å². The Morgan fingerprint density at radius 1 is 1.08 bits per heavy atom. The van der Waals surface area contributed by atoms with Crippen molar-refractivity contribution in [3.05, 3.63) is 48.3 Å². The quantitative estimate of drug-likeness (QED) is 0.915. The van der Waals surface area contributed by atoms with Crippen LogP contribution in [0.5, 0.6) is 0 Å². The number of amides is 1. The van der Waals surface area contributed by atoms with Gasteiger partial charge in [0.1, 0.15) is 17.3 Å². The number of benzene rings is 1. The number of rotatable bonds is 4. The molecule has 1 N–H and O–H groups in total. The van der Waals surface area contributed by atoms with Gasteiger partial charge in [0.15, 0.2) is 0 Å². The third-order valence-electron chi connectivity index (χ3n) is 4.29. The molecule has 1 fully saturated rings. The first-order valence-electron chi connectivity index (χ1n) is 8.07. The molecule has 1 atom stereocenters. The number of aromatic nitrogens is 2. The van der Waals surface area contributed by atoms with Crippen LogP contribution in [-0.2, 0) is 4.79 Å². The van der Waals surface area contributed by atoms with E-state index in [4.69, 9.17) is 0 Å². The zero-order valence-corrected chi connectivity index (χ0v) is 13.8. The predicted molar refractivity (Wildman–Crippen MR) is 90.3 cm³/mol. The lowest BCUT2D eigenvalue weighted by Crippen LogP contribution is -2.53. The van der Waals surface area contributed by atoms with Gasteiger partial charge in [-0.3, -0.25) is 9.69 Å². The van der Waals surface area contributed by atoms with Gasteiger partial charge in [0.2, 0.25) is 11.9 Å². The van der Waals surface area contributed by atoms with E-state index >= 15 is 0 Å². The molecule has 1 aromatic carbocycles. The Hall–Kier alpha value is -2.61. The molecule has 3 rings (SSSR count). The molecule has 2 heterocycles. The Morgan fingerprint density at radius 3 is 2.28 bits per heavy atom. The van der Waals surface area contributed by atoms with Gasteiger partial charge < -0.3 is 10.2 Å². The maximum Gasteiger partial charge on any atom is 0.241 e. The van der Waals surface area contributed by atoms with Crippen molar-refractivity contribution in [2.24, 2.45) is 0 Å². The van der Waals surface area contributed by atoms with E-state index in [1.165, 1.54) is 6.07 Å². The Kier molecular flexibility index (Phi) is 5.18. The van der Waals surface area contributed by atoms with Gasteiger partial charge in [-0.2, -0.15) is 0 Å². The maximum atomic E-state index is 13.7. The molecule has 0 saturated carbocycles. The monoisotopic (exact) mass is 347 g/mol. The summed E-state index contributed by atoms with van der Waals surface area (Å²) in [7, 11) is 0. The van der Waals surface area contributed by atoms with Crippen molar-refractivity contribution in [3.8, 4) is 0 Å². The minimum absolute atomic E-state index is 0.407. The number of hydrogen-bond donors (Lipinski definition) is 1. The van der Waals surface area contributed by atoms with E-state index in [1.807, 2.05) is 9.80 Å². The average Bonchev–Trinajstić information content (AvgIpc) is 2.65. The maximum absolute atomic E-state index is 13.7. The van der Waals surface area contributed by atoms with Crippen molar-refractivity contribution < 1.29 is 13.6 Å². The molecule has 8 heteroatoms. The fourth-order valence-electron chi connectivity index (χ4n) is 2.77. The van der Waals surface area contributed by atoms with Crippen molar-refractivity contribution >= 4 is 17.5 Å². The summed E-state index contributed by atoms with van der Waals surface area (Å²) in [5, 5.41) is 2.35. The van der Waals surface area contributed by atoms with Crippen LogP contribution in [0.15, 0.2) is 36.7 Å². The van der Waals surface area contributed by atoms with Crippen LogP contribution in [0.4, 0.5) is 20.4 Å². The van der Waals surface area contributed by atoms with Gasteiger partial charge in [-0.25, -0.2) is 18.7 Å². The molecule has 0 bridgehead atoms. The van der Waals surface area contributed by atoms with Crippen molar-refractivity contribution in [1.29, 1.82) is 0 Å². The Morgan fingerprint density at radius 2 is 1.68 bits per heavy atom. The highest BCUT2D eigenvalue weighted by molar-refractivity contribution is 5.94. The summed E-state index contributed by atoms with van der Waals surface area (Å²) < 4.78 is 27.3. The highest BCUT2D eigenvalue weighted by Gasteiger charge is 2.27. The Bertz CT molecular complexity index is 715. The molecule has 132 valence electrons. The molecule has 2 aromatic rings. The molecule has 1 saturated heterocycles. The van der Waals surface area contributed by atoms with Gasteiger partial charge in [-0.05, 0) is 25.1 Å². The summed E-state index contributed by atoms with van der Waals surface area (Å²) in [5.41, 5.74) is -0.407. The summed E-state index contributed by atoms with van der Waals surface area (Å²) >= 11 is 0. The second kappa shape index (κ2) is 7.52. The number of carbonyl (C=O) groups excluding carboxylic acids is 1. The number of para-hydroxylation sites is 1. The number of nitrogens with zero attached hydrogens (tertiary/aromatic N) is 4. The van der Waals surface area contributed by atoms with Crippen LogP contribution in [0.1, 0.15) is 6.92 Å². The minimum atomic E-state index is -0.786. The second-order valence-electron chi connectivity index (χ2n) is 5.83. The van der Waals surface area contributed by atoms with Gasteiger partial charge in [0.05, 0.1) is 6.04 Å². The van der Waals surface area contributed by atoms with Crippen molar-refractivity contribution in [3.63, 3.8) is 0 Å². The number of halogens is 2. The highest BCUT2D eigenvalue weighted by Crippen LogP contribution is 2.19. The first-order valence-corrected chi connectivity index (χ1v) is 8.07. The smallest absolute Gasteiger partial charge is 0.241 e. The third kappa shape index (κ3) is 3.90.